The molecule has 234 valence electrons. The van der Waals surface area contributed by atoms with Crippen LogP contribution in [0.1, 0.15) is 36.8 Å². The van der Waals surface area contributed by atoms with Crippen molar-refractivity contribution in [3.8, 4) is 21.7 Å². The van der Waals surface area contributed by atoms with Crippen LogP contribution >= 0.6 is 11.3 Å². The predicted molar refractivity (Wildman–Crippen MR) is 166 cm³/mol. The molecule has 3 heterocycles. The minimum Gasteiger partial charge on any atom is -0.351 e. The maximum atomic E-state index is 13.5. The van der Waals surface area contributed by atoms with E-state index in [0.717, 1.165) is 16.7 Å². The van der Waals surface area contributed by atoms with E-state index in [0.29, 0.717) is 53.8 Å². The fraction of sp³-hybridized carbons (Fsp3) is 0.367. The SMILES string of the molecule is CCNC(=O)Nc1cc(-c2nc(C(F)(F)F)cs2)c(-c2ccc3c(=O)c(C(=O)NCCN(C)C)cn(CC(C)C)c3c2)cn1. The molecule has 0 unspecified atom stereocenters. The quantitative estimate of drug-likeness (QED) is 0.219. The first-order chi connectivity index (χ1) is 20.8. The first-order valence-corrected chi connectivity index (χ1v) is 14.8. The summed E-state index contributed by atoms with van der Waals surface area (Å²) in [4.78, 5) is 48.7. The minimum absolute atomic E-state index is 0.0234. The Hall–Kier alpha value is -4.30. The van der Waals surface area contributed by atoms with Crippen molar-refractivity contribution in [1.29, 1.82) is 0 Å². The molecular formula is C30H34F3N7O3S. The third-order valence-corrected chi connectivity index (χ3v) is 7.43. The average molecular weight is 630 g/mol. The molecule has 0 aliphatic heterocycles. The number of pyridine rings is 2. The number of rotatable bonds is 10. The molecule has 0 radical (unpaired) electrons. The zero-order chi connectivity index (χ0) is 32.2. The van der Waals surface area contributed by atoms with Gasteiger partial charge in [-0.05, 0) is 50.7 Å². The number of nitrogens with zero attached hydrogens (tertiary/aromatic N) is 4. The zero-order valence-corrected chi connectivity index (χ0v) is 25.8. The lowest BCUT2D eigenvalue weighted by Gasteiger charge is -2.17. The van der Waals surface area contributed by atoms with Crippen LogP contribution in [0, 0.1) is 5.92 Å². The summed E-state index contributed by atoms with van der Waals surface area (Å²) < 4.78 is 42.1. The summed E-state index contributed by atoms with van der Waals surface area (Å²) in [7, 11) is 3.76. The molecule has 0 aliphatic rings. The maximum Gasteiger partial charge on any atom is 0.434 e. The number of thiazole rings is 1. The van der Waals surface area contributed by atoms with E-state index in [1.807, 2.05) is 37.4 Å². The van der Waals surface area contributed by atoms with Crippen molar-refractivity contribution >= 4 is 40.0 Å². The molecule has 0 bridgehead atoms. The summed E-state index contributed by atoms with van der Waals surface area (Å²) in [5, 5.41) is 9.30. The van der Waals surface area contributed by atoms with Gasteiger partial charge >= 0.3 is 12.2 Å². The number of benzene rings is 1. The Labute approximate surface area is 256 Å². The van der Waals surface area contributed by atoms with Gasteiger partial charge in [-0.2, -0.15) is 13.2 Å². The first kappa shape index (κ1) is 32.6. The zero-order valence-electron chi connectivity index (χ0n) is 25.0. The first-order valence-electron chi connectivity index (χ1n) is 14.0. The number of urea groups is 1. The molecule has 3 N–H and O–H groups in total. The van der Waals surface area contributed by atoms with Gasteiger partial charge in [-0.15, -0.1) is 11.3 Å². The summed E-state index contributed by atoms with van der Waals surface area (Å²) in [6.45, 7) is 7.61. The smallest absolute Gasteiger partial charge is 0.351 e. The van der Waals surface area contributed by atoms with Crippen LogP contribution in [0.5, 0.6) is 0 Å². The van der Waals surface area contributed by atoms with Crippen LogP contribution in [-0.2, 0) is 12.7 Å². The molecule has 4 rings (SSSR count). The number of likely N-dealkylation sites (N-methyl/N-ethyl adjacent to an activating group) is 1. The summed E-state index contributed by atoms with van der Waals surface area (Å²) >= 11 is 0.817. The molecule has 0 spiro atoms. The van der Waals surface area contributed by atoms with E-state index >= 15 is 0 Å². The largest absolute Gasteiger partial charge is 0.434 e. The number of nitrogens with one attached hydrogen (secondary N) is 3. The lowest BCUT2D eigenvalue weighted by atomic mass is 9.99. The molecule has 3 aromatic heterocycles. The third kappa shape index (κ3) is 7.61. The number of hydrogen-bond acceptors (Lipinski definition) is 7. The molecule has 0 aliphatic carbocycles. The van der Waals surface area contributed by atoms with E-state index in [1.54, 1.807) is 31.3 Å². The van der Waals surface area contributed by atoms with Crippen molar-refractivity contribution in [2.24, 2.45) is 5.92 Å². The van der Waals surface area contributed by atoms with E-state index in [9.17, 15) is 27.6 Å². The van der Waals surface area contributed by atoms with Gasteiger partial charge < -0.3 is 20.1 Å². The highest BCUT2D eigenvalue weighted by molar-refractivity contribution is 7.13. The summed E-state index contributed by atoms with van der Waals surface area (Å²) in [6, 6.07) is 5.97. The Morgan fingerprint density at radius 3 is 2.50 bits per heavy atom. The monoisotopic (exact) mass is 629 g/mol. The van der Waals surface area contributed by atoms with Gasteiger partial charge in [0.2, 0.25) is 5.43 Å². The van der Waals surface area contributed by atoms with Crippen molar-refractivity contribution in [3.05, 3.63) is 63.5 Å². The standard InChI is InChI=1S/C30H34F3N7O3S/c1-6-34-29(43)38-25-12-20(28-37-24(16-44-28)30(31,32)33)21(13-36-25)18-7-8-19-23(11-18)40(14-17(2)3)15-22(26(19)41)27(42)35-9-10-39(4)5/h7-8,11-13,15-17H,6,9-10,14H2,1-5H3,(H,35,42)(H2,34,36,38,43). The fourth-order valence-electron chi connectivity index (χ4n) is 4.53. The summed E-state index contributed by atoms with van der Waals surface area (Å²) in [6.07, 6.45) is -1.63. The molecule has 44 heavy (non-hydrogen) atoms. The van der Waals surface area contributed by atoms with Crippen LogP contribution in [0.15, 0.2) is 46.8 Å². The Balaban J connectivity index is 1.86. The molecule has 14 heteroatoms. The van der Waals surface area contributed by atoms with Crippen LogP contribution in [0.25, 0.3) is 32.6 Å². The van der Waals surface area contributed by atoms with Crippen LogP contribution in [0.4, 0.5) is 23.8 Å². The van der Waals surface area contributed by atoms with Crippen LogP contribution in [-0.4, -0.2) is 65.1 Å². The van der Waals surface area contributed by atoms with E-state index in [4.69, 9.17) is 0 Å². The van der Waals surface area contributed by atoms with E-state index in [1.165, 1.54) is 12.3 Å². The highest BCUT2D eigenvalue weighted by Gasteiger charge is 2.34. The van der Waals surface area contributed by atoms with Crippen molar-refractivity contribution in [1.82, 2.24) is 30.1 Å². The molecule has 0 fully saturated rings. The van der Waals surface area contributed by atoms with Crippen molar-refractivity contribution in [2.75, 3.05) is 39.0 Å². The number of halogens is 3. The van der Waals surface area contributed by atoms with Crippen molar-refractivity contribution < 1.29 is 22.8 Å². The van der Waals surface area contributed by atoms with Crippen LogP contribution in [0.2, 0.25) is 0 Å². The third-order valence-electron chi connectivity index (χ3n) is 6.55. The van der Waals surface area contributed by atoms with E-state index in [-0.39, 0.29) is 22.3 Å². The van der Waals surface area contributed by atoms with Gasteiger partial charge in [0.25, 0.3) is 5.91 Å². The lowest BCUT2D eigenvalue weighted by molar-refractivity contribution is -0.140. The second-order valence-electron chi connectivity index (χ2n) is 10.8. The summed E-state index contributed by atoms with van der Waals surface area (Å²) in [5.41, 5.74) is 0.453. The van der Waals surface area contributed by atoms with E-state index in [2.05, 4.69) is 25.9 Å². The molecule has 0 saturated heterocycles. The van der Waals surface area contributed by atoms with Gasteiger partial charge in [0.05, 0.1) is 5.52 Å². The normalized spacial score (nSPS) is 11.8. The highest BCUT2D eigenvalue weighted by Crippen LogP contribution is 2.39. The number of carbonyl (C=O) groups excluding carboxylic acids is 2. The van der Waals surface area contributed by atoms with Crippen LogP contribution in [0.3, 0.4) is 0 Å². The van der Waals surface area contributed by atoms with Crippen LogP contribution < -0.4 is 21.4 Å². The Bertz CT molecular complexity index is 1730. The Morgan fingerprint density at radius 1 is 1.11 bits per heavy atom. The number of anilines is 1. The average Bonchev–Trinajstić information content (AvgIpc) is 3.45. The maximum absolute atomic E-state index is 13.5. The Kier molecular flexibility index (Phi) is 10.0. The van der Waals surface area contributed by atoms with Crippen molar-refractivity contribution in [3.63, 3.8) is 0 Å². The van der Waals surface area contributed by atoms with E-state index < -0.39 is 29.2 Å². The molecule has 1 aromatic carbocycles. The number of carbonyl (C=O) groups is 2. The predicted octanol–water partition coefficient (Wildman–Crippen LogP) is 5.29. The number of alkyl halides is 3. The number of aromatic nitrogens is 3. The molecule has 0 atom stereocenters. The van der Waals surface area contributed by atoms with Gasteiger partial charge in [0.1, 0.15) is 16.4 Å². The highest BCUT2D eigenvalue weighted by atomic mass is 32.1. The van der Waals surface area contributed by atoms with Gasteiger partial charge in [-0.3, -0.25) is 14.9 Å². The molecule has 0 saturated carbocycles. The fourth-order valence-corrected chi connectivity index (χ4v) is 5.39. The number of amides is 3. The van der Waals surface area contributed by atoms with Crippen molar-refractivity contribution in [2.45, 2.75) is 33.5 Å². The second-order valence-corrected chi connectivity index (χ2v) is 11.7. The molecular weight excluding hydrogens is 595 g/mol. The second kappa shape index (κ2) is 13.6. The Morgan fingerprint density at radius 2 is 1.86 bits per heavy atom. The molecule has 4 aromatic rings. The van der Waals surface area contributed by atoms with Gasteiger partial charge in [-0.25, -0.2) is 14.8 Å². The van der Waals surface area contributed by atoms with Gasteiger partial charge in [0, 0.05) is 60.5 Å². The molecule has 3 amide bonds. The van der Waals surface area contributed by atoms with Gasteiger partial charge in [0.15, 0.2) is 5.69 Å². The molecule has 10 nitrogen and oxygen atoms in total. The summed E-state index contributed by atoms with van der Waals surface area (Å²) in [5.74, 6) is -0.172. The van der Waals surface area contributed by atoms with Gasteiger partial charge in [-0.1, -0.05) is 19.9 Å². The number of fused-ring (bicyclic) bond motifs is 1. The minimum atomic E-state index is -4.63. The number of hydrogen-bond donors (Lipinski definition) is 3. The lowest BCUT2D eigenvalue weighted by Crippen LogP contribution is -2.34. The topological polar surface area (TPSA) is 121 Å².